The summed E-state index contributed by atoms with van der Waals surface area (Å²) >= 11 is 0. The molecule has 0 aromatic heterocycles. The molecule has 22 heavy (non-hydrogen) atoms. The third-order valence-corrected chi connectivity index (χ3v) is 3.51. The zero-order valence-electron chi connectivity index (χ0n) is 14.6. The highest BCUT2D eigenvalue weighted by Crippen LogP contribution is 2.23. The molecule has 2 aromatic rings. The fraction of sp³-hybridized carbons (Fsp3) is 0.273. The quantitative estimate of drug-likeness (QED) is 0.575. The molecular formula is C22H28. The Hall–Kier alpha value is -2.08. The summed E-state index contributed by atoms with van der Waals surface area (Å²) < 4.78 is 0. The monoisotopic (exact) mass is 292 g/mol. The third kappa shape index (κ3) is 5.73. The molecule has 0 unspecified atom stereocenters. The summed E-state index contributed by atoms with van der Waals surface area (Å²) in [6.07, 6.45) is 0. The number of hydrogen-bond acceptors (Lipinski definition) is 0. The van der Waals surface area contributed by atoms with Crippen molar-refractivity contribution in [2.75, 3.05) is 0 Å². The van der Waals surface area contributed by atoms with Crippen molar-refractivity contribution < 1.29 is 0 Å². The fourth-order valence-corrected chi connectivity index (χ4v) is 1.98. The lowest BCUT2D eigenvalue weighted by Crippen LogP contribution is -2.10. The van der Waals surface area contributed by atoms with Gasteiger partial charge in [0.05, 0.1) is 0 Å². The first kappa shape index (κ1) is 18.0. The third-order valence-electron chi connectivity index (χ3n) is 3.51. The van der Waals surface area contributed by atoms with E-state index in [1.807, 2.05) is 32.0 Å². The van der Waals surface area contributed by atoms with E-state index in [-0.39, 0.29) is 5.41 Å². The first-order chi connectivity index (χ1) is 10.2. The Morgan fingerprint density at radius 3 is 1.41 bits per heavy atom. The van der Waals surface area contributed by atoms with Gasteiger partial charge in [-0.2, -0.15) is 0 Å². The van der Waals surface area contributed by atoms with Crippen LogP contribution in [0.3, 0.4) is 0 Å². The normalized spacial score (nSPS) is 10.4. The standard InChI is InChI=1S/C13H18.C9H10/c1-10(2)11-6-8-12(9-7-11)13(3,4)5;1-8(2)9-6-4-3-5-7-9/h6-9H,1H2,2-5H3;3-7H,1H2,2H3. The van der Waals surface area contributed by atoms with Crippen LogP contribution in [-0.2, 0) is 5.41 Å². The van der Waals surface area contributed by atoms with Crippen LogP contribution in [0.1, 0.15) is 51.3 Å². The summed E-state index contributed by atoms with van der Waals surface area (Å²) in [7, 11) is 0. The van der Waals surface area contributed by atoms with Crippen molar-refractivity contribution in [1.29, 1.82) is 0 Å². The molecule has 0 saturated heterocycles. The van der Waals surface area contributed by atoms with Crippen LogP contribution < -0.4 is 0 Å². The highest BCUT2D eigenvalue weighted by molar-refractivity contribution is 5.61. The summed E-state index contributed by atoms with van der Waals surface area (Å²) in [4.78, 5) is 0. The smallest absolute Gasteiger partial charge is 0.0132 e. The Bertz CT molecular complexity index is 607. The molecule has 116 valence electrons. The zero-order valence-corrected chi connectivity index (χ0v) is 14.6. The summed E-state index contributed by atoms with van der Waals surface area (Å²) in [5.74, 6) is 0. The van der Waals surface area contributed by atoms with E-state index in [2.05, 4.69) is 70.3 Å². The van der Waals surface area contributed by atoms with Gasteiger partial charge in [-0.1, -0.05) is 99.7 Å². The molecule has 0 fully saturated rings. The molecule has 0 N–H and O–H groups in total. The maximum atomic E-state index is 3.92. The molecule has 0 aliphatic carbocycles. The lowest BCUT2D eigenvalue weighted by atomic mass is 9.86. The van der Waals surface area contributed by atoms with Crippen molar-refractivity contribution in [1.82, 2.24) is 0 Å². The van der Waals surface area contributed by atoms with Crippen molar-refractivity contribution in [2.45, 2.75) is 40.0 Å². The van der Waals surface area contributed by atoms with Crippen molar-refractivity contribution in [3.63, 3.8) is 0 Å². The molecule has 0 heteroatoms. The number of allylic oxidation sites excluding steroid dienone is 2. The highest BCUT2D eigenvalue weighted by Gasteiger charge is 2.12. The first-order valence-electron chi connectivity index (χ1n) is 7.69. The van der Waals surface area contributed by atoms with Gasteiger partial charge in [-0.3, -0.25) is 0 Å². The SMILES string of the molecule is C=C(C)c1ccc(C(C)(C)C)cc1.C=C(C)c1ccccc1. The van der Waals surface area contributed by atoms with Gasteiger partial charge >= 0.3 is 0 Å². The maximum absolute atomic E-state index is 3.92. The molecule has 2 aromatic carbocycles. The first-order valence-corrected chi connectivity index (χ1v) is 7.69. The predicted octanol–water partition coefficient (Wildman–Crippen LogP) is 6.74. The number of rotatable bonds is 2. The Morgan fingerprint density at radius 2 is 1.09 bits per heavy atom. The Labute approximate surface area is 136 Å². The van der Waals surface area contributed by atoms with Crippen molar-refractivity contribution in [3.8, 4) is 0 Å². The largest absolute Gasteiger partial charge is 0.0955 e. The van der Waals surface area contributed by atoms with Gasteiger partial charge in [-0.25, -0.2) is 0 Å². The average Bonchev–Trinajstić information content (AvgIpc) is 2.48. The van der Waals surface area contributed by atoms with Gasteiger partial charge < -0.3 is 0 Å². The van der Waals surface area contributed by atoms with Crippen LogP contribution in [0.2, 0.25) is 0 Å². The molecule has 0 aliphatic heterocycles. The van der Waals surface area contributed by atoms with Gasteiger partial charge in [0.1, 0.15) is 0 Å². The summed E-state index contributed by atoms with van der Waals surface area (Å²) in [5, 5.41) is 0. The minimum atomic E-state index is 0.244. The topological polar surface area (TPSA) is 0 Å². The number of benzene rings is 2. The van der Waals surface area contributed by atoms with Crippen LogP contribution in [0.25, 0.3) is 11.1 Å². The molecule has 0 nitrogen and oxygen atoms in total. The minimum Gasteiger partial charge on any atom is -0.0955 e. The Balaban J connectivity index is 0.000000235. The van der Waals surface area contributed by atoms with Gasteiger partial charge in [0.2, 0.25) is 0 Å². The van der Waals surface area contributed by atoms with Crippen molar-refractivity contribution in [3.05, 3.63) is 84.4 Å². The molecule has 0 atom stereocenters. The van der Waals surface area contributed by atoms with Crippen molar-refractivity contribution in [2.24, 2.45) is 0 Å². The fourth-order valence-electron chi connectivity index (χ4n) is 1.98. The van der Waals surface area contributed by atoms with Crippen LogP contribution in [0, 0.1) is 0 Å². The highest BCUT2D eigenvalue weighted by atomic mass is 14.2. The lowest BCUT2D eigenvalue weighted by Gasteiger charge is -2.19. The molecule has 0 amide bonds. The molecule has 0 radical (unpaired) electrons. The van der Waals surface area contributed by atoms with Crippen LogP contribution >= 0.6 is 0 Å². The average molecular weight is 292 g/mol. The summed E-state index contributed by atoms with van der Waals surface area (Å²) in [6.45, 7) is 18.5. The summed E-state index contributed by atoms with van der Waals surface area (Å²) in [6, 6.07) is 18.8. The second-order valence-electron chi connectivity index (χ2n) is 6.75. The van der Waals surface area contributed by atoms with Gasteiger partial charge in [0.15, 0.2) is 0 Å². The Morgan fingerprint density at radius 1 is 0.682 bits per heavy atom. The van der Waals surface area contributed by atoms with E-state index in [1.165, 1.54) is 16.7 Å². The second-order valence-corrected chi connectivity index (χ2v) is 6.75. The van der Waals surface area contributed by atoms with Crippen LogP contribution in [-0.4, -0.2) is 0 Å². The van der Waals surface area contributed by atoms with Crippen LogP contribution in [0.4, 0.5) is 0 Å². The molecule has 0 heterocycles. The molecule has 0 saturated carbocycles. The van der Waals surface area contributed by atoms with E-state index < -0.39 is 0 Å². The van der Waals surface area contributed by atoms with Crippen LogP contribution in [0.5, 0.6) is 0 Å². The second kappa shape index (κ2) is 7.79. The van der Waals surface area contributed by atoms with E-state index in [4.69, 9.17) is 0 Å². The lowest BCUT2D eigenvalue weighted by molar-refractivity contribution is 0.590. The molecule has 2 rings (SSSR count). The van der Waals surface area contributed by atoms with E-state index in [9.17, 15) is 0 Å². The maximum Gasteiger partial charge on any atom is -0.0132 e. The Kier molecular flexibility index (Phi) is 6.37. The van der Waals surface area contributed by atoms with Gasteiger partial charge in [0, 0.05) is 0 Å². The van der Waals surface area contributed by atoms with E-state index >= 15 is 0 Å². The van der Waals surface area contributed by atoms with Gasteiger partial charge in [-0.15, -0.1) is 0 Å². The predicted molar refractivity (Wildman–Crippen MR) is 101 cm³/mol. The molecule has 0 bridgehead atoms. The summed E-state index contributed by atoms with van der Waals surface area (Å²) in [5.41, 5.74) is 6.31. The molecular weight excluding hydrogens is 264 g/mol. The zero-order chi connectivity index (χ0) is 16.8. The molecule has 0 aliphatic rings. The minimum absolute atomic E-state index is 0.244. The molecule has 0 spiro atoms. The van der Waals surface area contributed by atoms with E-state index in [0.717, 1.165) is 11.1 Å². The van der Waals surface area contributed by atoms with Crippen LogP contribution in [0.15, 0.2) is 67.8 Å². The van der Waals surface area contributed by atoms with Crippen molar-refractivity contribution >= 4 is 11.1 Å². The van der Waals surface area contributed by atoms with Gasteiger partial charge in [0.25, 0.3) is 0 Å². The van der Waals surface area contributed by atoms with E-state index in [1.54, 1.807) is 0 Å². The van der Waals surface area contributed by atoms with Gasteiger partial charge in [-0.05, 0) is 36.0 Å². The van der Waals surface area contributed by atoms with E-state index in [0.29, 0.717) is 0 Å². The number of hydrogen-bond donors (Lipinski definition) is 0.